The first-order chi connectivity index (χ1) is 9.24. The molecule has 1 amide bonds. The van der Waals surface area contributed by atoms with E-state index >= 15 is 0 Å². The predicted octanol–water partition coefficient (Wildman–Crippen LogP) is 2.16. The molecule has 4 N–H and O–H groups in total. The zero-order valence-electron chi connectivity index (χ0n) is 13.0. The number of carbonyl (C=O) groups is 1. The van der Waals surface area contributed by atoms with E-state index < -0.39 is 0 Å². The molecule has 5 nitrogen and oxygen atoms in total. The van der Waals surface area contributed by atoms with Gasteiger partial charge in [0.05, 0.1) is 10.6 Å². The normalized spacial score (nSPS) is 11.8. The first-order valence-corrected chi connectivity index (χ1v) is 8.38. The van der Waals surface area contributed by atoms with Crippen LogP contribution in [0.2, 0.25) is 0 Å². The van der Waals surface area contributed by atoms with Crippen LogP contribution in [0.3, 0.4) is 0 Å². The molecule has 0 saturated carbocycles. The Balaban J connectivity index is 2.98. The molecule has 0 aromatic carbocycles. The van der Waals surface area contributed by atoms with Crippen molar-refractivity contribution >= 4 is 39.7 Å². The lowest BCUT2D eigenvalue weighted by molar-refractivity contribution is 0.0968. The Labute approximate surface area is 129 Å². The van der Waals surface area contributed by atoms with Crippen LogP contribution in [-0.4, -0.2) is 50.3 Å². The van der Waals surface area contributed by atoms with E-state index in [1.54, 1.807) is 18.8 Å². The molecule has 0 saturated heterocycles. The van der Waals surface area contributed by atoms with E-state index in [-0.39, 0.29) is 11.4 Å². The number of nitrogens with one attached hydrogen (secondary N) is 2. The minimum atomic E-state index is -0.136. The van der Waals surface area contributed by atoms with Crippen molar-refractivity contribution in [2.45, 2.75) is 24.3 Å². The van der Waals surface area contributed by atoms with Crippen molar-refractivity contribution in [3.05, 3.63) is 4.88 Å². The van der Waals surface area contributed by atoms with E-state index in [0.717, 1.165) is 16.4 Å². The highest BCUT2D eigenvalue weighted by Crippen LogP contribution is 2.41. The molecule has 0 radical (unpaired) electrons. The summed E-state index contributed by atoms with van der Waals surface area (Å²) in [6.07, 6.45) is 1.97. The van der Waals surface area contributed by atoms with Crippen molar-refractivity contribution in [2.24, 2.45) is 0 Å². The van der Waals surface area contributed by atoms with Crippen LogP contribution in [0, 0.1) is 0 Å². The summed E-state index contributed by atoms with van der Waals surface area (Å²) in [5, 5.41) is 7.01. The number of hydrogen-bond donors (Lipinski definition) is 3. The zero-order valence-corrected chi connectivity index (χ0v) is 14.6. The molecule has 0 aliphatic heterocycles. The van der Waals surface area contributed by atoms with E-state index in [1.165, 1.54) is 11.3 Å². The minimum Gasteiger partial charge on any atom is -0.396 e. The minimum absolute atomic E-state index is 0.0155. The second kappa shape index (κ2) is 6.69. The fraction of sp³-hybridized carbons (Fsp3) is 0.615. The van der Waals surface area contributed by atoms with Crippen molar-refractivity contribution in [3.8, 4) is 0 Å². The summed E-state index contributed by atoms with van der Waals surface area (Å²) in [5.41, 5.74) is 6.65. The van der Waals surface area contributed by atoms with Gasteiger partial charge in [-0.05, 0) is 34.2 Å². The number of likely N-dealkylation sites (N-methyl/N-ethyl adjacent to an activating group) is 1. The van der Waals surface area contributed by atoms with E-state index in [0.29, 0.717) is 10.6 Å². The first kappa shape index (κ1) is 17.1. The van der Waals surface area contributed by atoms with Crippen LogP contribution >= 0.6 is 23.1 Å². The number of nitrogens with two attached hydrogens (primary N) is 1. The van der Waals surface area contributed by atoms with E-state index in [1.807, 2.05) is 6.26 Å². The Morgan fingerprint density at radius 1 is 1.45 bits per heavy atom. The van der Waals surface area contributed by atoms with Crippen molar-refractivity contribution in [2.75, 3.05) is 45.0 Å². The number of thioether (sulfide) groups is 1. The maximum absolute atomic E-state index is 11.8. The first-order valence-electron chi connectivity index (χ1n) is 6.34. The molecule has 0 aliphatic rings. The molecule has 0 bridgehead atoms. The summed E-state index contributed by atoms with van der Waals surface area (Å²) in [5.74, 6) is -0.136. The summed E-state index contributed by atoms with van der Waals surface area (Å²) in [6, 6.07) is 0. The zero-order chi connectivity index (χ0) is 15.5. The number of thiophene rings is 1. The molecule has 0 atom stereocenters. The molecule has 1 aromatic rings. The number of nitrogens with zero attached hydrogens (tertiary/aromatic N) is 1. The number of carbonyl (C=O) groups excluding carboxylic acids is 1. The number of anilines is 2. The molecule has 20 heavy (non-hydrogen) atoms. The van der Waals surface area contributed by atoms with Crippen LogP contribution in [-0.2, 0) is 0 Å². The Morgan fingerprint density at radius 3 is 2.50 bits per heavy atom. The number of amides is 1. The topological polar surface area (TPSA) is 70.4 Å². The van der Waals surface area contributed by atoms with E-state index in [9.17, 15) is 4.79 Å². The van der Waals surface area contributed by atoms with Gasteiger partial charge in [-0.15, -0.1) is 23.1 Å². The Bertz CT molecular complexity index is 483. The molecule has 0 spiro atoms. The maximum atomic E-state index is 11.8. The van der Waals surface area contributed by atoms with Gasteiger partial charge in [-0.1, -0.05) is 0 Å². The van der Waals surface area contributed by atoms with Crippen LogP contribution in [0.4, 0.5) is 10.7 Å². The fourth-order valence-electron chi connectivity index (χ4n) is 1.48. The molecule has 1 heterocycles. The van der Waals surface area contributed by atoms with Gasteiger partial charge in [-0.2, -0.15) is 0 Å². The third-order valence-electron chi connectivity index (χ3n) is 3.43. The monoisotopic (exact) mass is 316 g/mol. The summed E-state index contributed by atoms with van der Waals surface area (Å²) < 4.78 is 0. The average Bonchev–Trinajstić information content (AvgIpc) is 2.71. The van der Waals surface area contributed by atoms with Gasteiger partial charge in [0.25, 0.3) is 5.91 Å². The van der Waals surface area contributed by atoms with Crippen LogP contribution in [0.1, 0.15) is 23.5 Å². The molecule has 7 heteroatoms. The van der Waals surface area contributed by atoms with E-state index in [2.05, 4.69) is 43.5 Å². The van der Waals surface area contributed by atoms with Crippen LogP contribution < -0.4 is 16.4 Å². The van der Waals surface area contributed by atoms with Gasteiger partial charge in [-0.3, -0.25) is 4.79 Å². The lowest BCUT2D eigenvalue weighted by atomic mass is 10.0. The van der Waals surface area contributed by atoms with Gasteiger partial charge in [0.2, 0.25) is 0 Å². The average molecular weight is 316 g/mol. The molecular formula is C13H24N4OS2. The summed E-state index contributed by atoms with van der Waals surface area (Å²) in [7, 11) is 5.72. The molecule has 1 aromatic heterocycles. The number of hydrogen-bond acceptors (Lipinski definition) is 6. The second-order valence-corrected chi connectivity index (χ2v) is 7.18. The molecule has 114 valence electrons. The van der Waals surface area contributed by atoms with Crippen LogP contribution in [0.25, 0.3) is 0 Å². The third kappa shape index (κ3) is 3.59. The predicted molar refractivity (Wildman–Crippen MR) is 90.2 cm³/mol. The fourth-order valence-corrected chi connectivity index (χ4v) is 3.46. The Morgan fingerprint density at radius 2 is 2.05 bits per heavy atom. The van der Waals surface area contributed by atoms with Crippen LogP contribution in [0.15, 0.2) is 4.90 Å². The van der Waals surface area contributed by atoms with Crippen molar-refractivity contribution in [1.29, 1.82) is 0 Å². The van der Waals surface area contributed by atoms with Gasteiger partial charge >= 0.3 is 0 Å². The highest BCUT2D eigenvalue weighted by molar-refractivity contribution is 7.99. The van der Waals surface area contributed by atoms with Gasteiger partial charge in [0, 0.05) is 19.1 Å². The summed E-state index contributed by atoms with van der Waals surface area (Å²) in [6.45, 7) is 5.10. The van der Waals surface area contributed by atoms with Crippen molar-refractivity contribution < 1.29 is 4.79 Å². The molecule has 1 rings (SSSR count). The second-order valence-electron chi connectivity index (χ2n) is 5.35. The molecule has 0 fully saturated rings. The molecular weight excluding hydrogens is 292 g/mol. The third-order valence-corrected chi connectivity index (χ3v) is 5.55. The molecule has 0 unspecified atom stereocenters. The van der Waals surface area contributed by atoms with Gasteiger partial charge < -0.3 is 21.3 Å². The number of rotatable bonds is 6. The molecule has 0 aliphatic carbocycles. The lowest BCUT2D eigenvalue weighted by Gasteiger charge is -2.32. The largest absolute Gasteiger partial charge is 0.396 e. The quantitative estimate of drug-likeness (QED) is 0.702. The SMILES string of the molecule is CNC(=O)c1sc(NCC(C)(C)N(C)C)c(SC)c1N. The summed E-state index contributed by atoms with van der Waals surface area (Å²) >= 11 is 2.97. The summed E-state index contributed by atoms with van der Waals surface area (Å²) in [4.78, 5) is 15.5. The smallest absolute Gasteiger partial charge is 0.263 e. The highest BCUT2D eigenvalue weighted by atomic mass is 32.2. The lowest BCUT2D eigenvalue weighted by Crippen LogP contribution is -2.44. The number of nitrogen functional groups attached to an aromatic ring is 1. The van der Waals surface area contributed by atoms with Crippen molar-refractivity contribution in [3.63, 3.8) is 0 Å². The highest BCUT2D eigenvalue weighted by Gasteiger charge is 2.24. The van der Waals surface area contributed by atoms with Gasteiger partial charge in [-0.25, -0.2) is 0 Å². The van der Waals surface area contributed by atoms with Gasteiger partial charge in [0.1, 0.15) is 9.88 Å². The maximum Gasteiger partial charge on any atom is 0.263 e. The van der Waals surface area contributed by atoms with Crippen molar-refractivity contribution in [1.82, 2.24) is 10.2 Å². The van der Waals surface area contributed by atoms with E-state index in [4.69, 9.17) is 5.73 Å². The Kier molecular flexibility index (Phi) is 5.73. The van der Waals surface area contributed by atoms with Gasteiger partial charge in [0.15, 0.2) is 0 Å². The van der Waals surface area contributed by atoms with Crippen LogP contribution in [0.5, 0.6) is 0 Å². The standard InChI is InChI=1S/C13H24N4OS2/c1-13(2,17(4)5)7-16-12-10(19-6)8(14)9(20-12)11(18)15-3/h16H,7,14H2,1-6H3,(H,15,18). The Hall–Kier alpha value is -0.920.